The van der Waals surface area contributed by atoms with Gasteiger partial charge in [-0.3, -0.25) is 4.79 Å². The van der Waals surface area contributed by atoms with E-state index in [1.807, 2.05) is 25.5 Å². The average Bonchev–Trinajstić information content (AvgIpc) is 2.36. The summed E-state index contributed by atoms with van der Waals surface area (Å²) in [4.78, 5) is 11.7. The first-order valence-electron chi connectivity index (χ1n) is 4.94. The second-order valence-electron chi connectivity index (χ2n) is 4.86. The molecule has 0 saturated carbocycles. The fourth-order valence-corrected chi connectivity index (χ4v) is 3.03. The minimum absolute atomic E-state index is 0.0879. The van der Waals surface area contributed by atoms with Crippen molar-refractivity contribution in [3.63, 3.8) is 0 Å². The average molecular weight is 239 g/mol. The minimum Gasteiger partial charge on any atom is -0.268 e. The first kappa shape index (κ1) is 11.1. The van der Waals surface area contributed by atoms with Crippen LogP contribution in [0.15, 0.2) is 23.1 Å². The van der Waals surface area contributed by atoms with Crippen LogP contribution in [-0.2, 0) is 15.4 Å². The van der Waals surface area contributed by atoms with Gasteiger partial charge in [0, 0.05) is 0 Å². The molecule has 0 aromatic heterocycles. The van der Waals surface area contributed by atoms with Crippen LogP contribution in [0.1, 0.15) is 36.7 Å². The number of carbonyl (C=O) groups is 1. The number of benzene rings is 1. The van der Waals surface area contributed by atoms with E-state index in [2.05, 4.69) is 0 Å². The molecule has 5 heteroatoms. The number of hydrogen-bond donors (Lipinski definition) is 1. The van der Waals surface area contributed by atoms with Gasteiger partial charge in [0.2, 0.25) is 0 Å². The highest BCUT2D eigenvalue weighted by Gasteiger charge is 2.36. The monoisotopic (exact) mass is 239 g/mol. The van der Waals surface area contributed by atoms with Crippen LogP contribution in [0.5, 0.6) is 0 Å². The molecule has 0 bridgehead atoms. The van der Waals surface area contributed by atoms with Crippen LogP contribution in [0.25, 0.3) is 0 Å². The van der Waals surface area contributed by atoms with E-state index in [0.717, 1.165) is 5.56 Å². The van der Waals surface area contributed by atoms with Crippen molar-refractivity contribution in [3.8, 4) is 0 Å². The molecule has 0 radical (unpaired) electrons. The number of nitrogens with one attached hydrogen (secondary N) is 1. The Morgan fingerprint density at radius 1 is 1.19 bits per heavy atom. The number of carbonyl (C=O) groups excluding carboxylic acids is 1. The number of amides is 1. The molecule has 16 heavy (non-hydrogen) atoms. The van der Waals surface area contributed by atoms with E-state index in [9.17, 15) is 13.2 Å². The summed E-state index contributed by atoms with van der Waals surface area (Å²) in [7, 11) is -3.64. The molecule has 0 saturated heterocycles. The zero-order chi connectivity index (χ0) is 12.1. The van der Waals surface area contributed by atoms with Crippen LogP contribution < -0.4 is 4.72 Å². The maximum atomic E-state index is 11.7. The quantitative estimate of drug-likeness (QED) is 0.744. The molecule has 86 valence electrons. The number of sulfonamides is 1. The molecule has 1 aliphatic heterocycles. The second kappa shape index (κ2) is 3.07. The Morgan fingerprint density at radius 3 is 2.38 bits per heavy atom. The SMILES string of the molecule is CC(C)(C)c1cccc2c1C(=O)NS2(=O)=O. The van der Waals surface area contributed by atoms with Crippen molar-refractivity contribution in [1.29, 1.82) is 0 Å². The lowest BCUT2D eigenvalue weighted by Gasteiger charge is -2.20. The van der Waals surface area contributed by atoms with E-state index in [-0.39, 0.29) is 15.9 Å². The Balaban J connectivity index is 2.82. The zero-order valence-corrected chi connectivity index (χ0v) is 10.2. The summed E-state index contributed by atoms with van der Waals surface area (Å²) in [5.74, 6) is -0.527. The van der Waals surface area contributed by atoms with Gasteiger partial charge < -0.3 is 0 Å². The molecule has 0 atom stereocenters. The van der Waals surface area contributed by atoms with Gasteiger partial charge in [0.15, 0.2) is 0 Å². The lowest BCUT2D eigenvalue weighted by Crippen LogP contribution is -2.22. The van der Waals surface area contributed by atoms with Gasteiger partial charge in [-0.05, 0) is 17.0 Å². The van der Waals surface area contributed by atoms with Crippen molar-refractivity contribution in [2.75, 3.05) is 0 Å². The van der Waals surface area contributed by atoms with Crippen molar-refractivity contribution in [3.05, 3.63) is 29.3 Å². The predicted molar refractivity (Wildman–Crippen MR) is 59.8 cm³/mol. The van der Waals surface area contributed by atoms with Gasteiger partial charge in [0.05, 0.1) is 5.56 Å². The number of hydrogen-bond acceptors (Lipinski definition) is 3. The van der Waals surface area contributed by atoms with Crippen LogP contribution in [0.4, 0.5) is 0 Å². The molecule has 1 aromatic rings. The smallest absolute Gasteiger partial charge is 0.266 e. The summed E-state index contributed by atoms with van der Waals surface area (Å²) in [6.07, 6.45) is 0. The lowest BCUT2D eigenvalue weighted by molar-refractivity contribution is 0.0983. The Morgan fingerprint density at radius 2 is 1.81 bits per heavy atom. The normalized spacial score (nSPS) is 18.1. The van der Waals surface area contributed by atoms with Gasteiger partial charge in [0.25, 0.3) is 15.9 Å². The Hall–Kier alpha value is -1.36. The zero-order valence-electron chi connectivity index (χ0n) is 9.37. The Labute approximate surface area is 94.7 Å². The summed E-state index contributed by atoms with van der Waals surface area (Å²) >= 11 is 0. The van der Waals surface area contributed by atoms with E-state index >= 15 is 0 Å². The van der Waals surface area contributed by atoms with Crippen molar-refractivity contribution in [1.82, 2.24) is 4.72 Å². The van der Waals surface area contributed by atoms with Crippen molar-refractivity contribution < 1.29 is 13.2 Å². The molecule has 2 rings (SSSR count). The molecule has 1 aliphatic rings. The van der Waals surface area contributed by atoms with E-state index in [0.29, 0.717) is 0 Å². The molecule has 1 N–H and O–H groups in total. The summed E-state index contributed by atoms with van der Waals surface area (Å²) in [5.41, 5.74) is 0.779. The molecular weight excluding hydrogens is 226 g/mol. The Kier molecular flexibility index (Phi) is 2.14. The van der Waals surface area contributed by atoms with Crippen LogP contribution >= 0.6 is 0 Å². The predicted octanol–water partition coefficient (Wildman–Crippen LogP) is 1.42. The van der Waals surface area contributed by atoms with Gasteiger partial charge in [-0.1, -0.05) is 32.9 Å². The van der Waals surface area contributed by atoms with Crippen molar-refractivity contribution >= 4 is 15.9 Å². The minimum atomic E-state index is -3.64. The van der Waals surface area contributed by atoms with Crippen LogP contribution in [0.3, 0.4) is 0 Å². The Bertz CT molecular complexity index is 567. The maximum Gasteiger partial charge on any atom is 0.266 e. The van der Waals surface area contributed by atoms with E-state index in [4.69, 9.17) is 0 Å². The molecule has 1 amide bonds. The summed E-state index contributed by atoms with van der Waals surface area (Å²) in [6, 6.07) is 4.91. The number of rotatable bonds is 0. The topological polar surface area (TPSA) is 63.2 Å². The molecule has 0 fully saturated rings. The third kappa shape index (κ3) is 1.51. The summed E-state index contributed by atoms with van der Waals surface area (Å²) in [5, 5.41) is 0. The highest BCUT2D eigenvalue weighted by Crippen LogP contribution is 2.32. The van der Waals surface area contributed by atoms with Gasteiger partial charge in [0.1, 0.15) is 4.90 Å². The summed E-state index contributed by atoms with van der Waals surface area (Å²) in [6.45, 7) is 5.84. The standard InChI is InChI=1S/C11H13NO3S/c1-11(2,3)7-5-4-6-8-9(7)10(13)12-16(8,14)15/h4-6H,1-3H3,(H,12,13). The van der Waals surface area contributed by atoms with Crippen LogP contribution in [-0.4, -0.2) is 14.3 Å². The fourth-order valence-electron chi connectivity index (χ4n) is 1.84. The van der Waals surface area contributed by atoms with E-state index < -0.39 is 15.9 Å². The van der Waals surface area contributed by atoms with Gasteiger partial charge in [-0.25, -0.2) is 13.1 Å². The van der Waals surface area contributed by atoms with Crippen molar-refractivity contribution in [2.24, 2.45) is 0 Å². The van der Waals surface area contributed by atoms with E-state index in [1.54, 1.807) is 12.1 Å². The first-order valence-corrected chi connectivity index (χ1v) is 6.42. The molecule has 0 spiro atoms. The molecule has 1 aromatic carbocycles. The maximum absolute atomic E-state index is 11.7. The highest BCUT2D eigenvalue weighted by atomic mass is 32.2. The van der Waals surface area contributed by atoms with Crippen LogP contribution in [0, 0.1) is 0 Å². The molecule has 0 unspecified atom stereocenters. The number of fused-ring (bicyclic) bond motifs is 1. The van der Waals surface area contributed by atoms with Gasteiger partial charge >= 0.3 is 0 Å². The van der Waals surface area contributed by atoms with E-state index in [1.165, 1.54) is 6.07 Å². The fraction of sp³-hybridized carbons (Fsp3) is 0.364. The van der Waals surface area contributed by atoms with Gasteiger partial charge in [-0.15, -0.1) is 0 Å². The summed E-state index contributed by atoms with van der Waals surface area (Å²) < 4.78 is 25.2. The van der Waals surface area contributed by atoms with Crippen molar-refractivity contribution in [2.45, 2.75) is 31.1 Å². The third-order valence-corrected chi connectivity index (χ3v) is 3.95. The second-order valence-corrected chi connectivity index (χ2v) is 6.51. The molecular formula is C11H13NO3S. The first-order chi connectivity index (χ1) is 7.23. The molecule has 1 heterocycles. The highest BCUT2D eigenvalue weighted by molar-refractivity contribution is 7.90. The third-order valence-electron chi connectivity index (χ3n) is 2.58. The largest absolute Gasteiger partial charge is 0.268 e. The van der Waals surface area contributed by atoms with Gasteiger partial charge in [-0.2, -0.15) is 0 Å². The lowest BCUT2D eigenvalue weighted by atomic mass is 9.83. The molecule has 4 nitrogen and oxygen atoms in total. The molecule has 0 aliphatic carbocycles. The van der Waals surface area contributed by atoms with Crippen LogP contribution in [0.2, 0.25) is 0 Å².